The summed E-state index contributed by atoms with van der Waals surface area (Å²) in [5.41, 5.74) is 0. The predicted molar refractivity (Wildman–Crippen MR) is 77.1 cm³/mol. The van der Waals surface area contributed by atoms with Crippen molar-refractivity contribution in [2.24, 2.45) is 11.8 Å². The minimum atomic E-state index is -3.22. The van der Waals surface area contributed by atoms with Crippen molar-refractivity contribution in [2.45, 2.75) is 43.9 Å². The van der Waals surface area contributed by atoms with Crippen molar-refractivity contribution >= 4 is 15.7 Å². The average molecular weight is 300 g/mol. The Balaban J connectivity index is 1.80. The zero-order valence-corrected chi connectivity index (χ0v) is 12.9. The molecule has 6 heteroatoms. The van der Waals surface area contributed by atoms with Gasteiger partial charge in [0.15, 0.2) is 9.84 Å². The smallest absolute Gasteiger partial charge is 0.241 e. The molecule has 0 aromatic carbocycles. The molecule has 3 saturated heterocycles. The molecule has 4 atom stereocenters. The molecule has 0 saturated carbocycles. The summed E-state index contributed by atoms with van der Waals surface area (Å²) in [5.74, 6) is 1.08. The Bertz CT molecular complexity index is 491. The molecule has 3 aliphatic heterocycles. The van der Waals surface area contributed by atoms with Gasteiger partial charge >= 0.3 is 0 Å². The average Bonchev–Trinajstić information content (AvgIpc) is 2.97. The van der Waals surface area contributed by atoms with Crippen molar-refractivity contribution in [2.75, 3.05) is 25.4 Å². The number of nitrogens with zero attached hydrogens (tertiary/aromatic N) is 1. The Hall–Kier alpha value is -0.620. The highest BCUT2D eigenvalue weighted by atomic mass is 32.2. The van der Waals surface area contributed by atoms with Gasteiger partial charge in [0, 0.05) is 25.7 Å². The molecule has 0 aromatic heterocycles. The fourth-order valence-electron chi connectivity index (χ4n) is 4.22. The molecule has 1 N–H and O–H groups in total. The normalized spacial score (nSPS) is 39.8. The maximum absolute atomic E-state index is 12.7. The standard InChI is InChI=1S/C14H24N2O3S/c1-2-12-11-8-15-7-10(11)9-16(12)14(17)13-5-3-4-6-20(13,18)19/h10-13,15H,2-9H2,1H3. The highest BCUT2D eigenvalue weighted by Gasteiger charge is 2.48. The summed E-state index contributed by atoms with van der Waals surface area (Å²) in [4.78, 5) is 14.6. The quantitative estimate of drug-likeness (QED) is 0.802. The van der Waals surface area contributed by atoms with Gasteiger partial charge in [-0.25, -0.2) is 8.42 Å². The molecule has 114 valence electrons. The van der Waals surface area contributed by atoms with Crippen LogP contribution in [0.25, 0.3) is 0 Å². The van der Waals surface area contributed by atoms with E-state index < -0.39 is 15.1 Å². The van der Waals surface area contributed by atoms with Gasteiger partial charge in [0.25, 0.3) is 0 Å². The van der Waals surface area contributed by atoms with E-state index in [0.29, 0.717) is 24.7 Å². The molecule has 3 rings (SSSR count). The fourth-order valence-corrected chi connectivity index (χ4v) is 6.08. The molecule has 1 amide bonds. The Labute approximate surface area is 121 Å². The lowest BCUT2D eigenvalue weighted by Gasteiger charge is -2.31. The molecule has 0 bridgehead atoms. The summed E-state index contributed by atoms with van der Waals surface area (Å²) in [7, 11) is -3.22. The maximum atomic E-state index is 12.7. The second kappa shape index (κ2) is 5.30. The zero-order valence-electron chi connectivity index (χ0n) is 12.0. The Morgan fingerprint density at radius 2 is 2.10 bits per heavy atom. The molecule has 0 spiro atoms. The third kappa shape index (κ3) is 2.26. The lowest BCUT2D eigenvalue weighted by Crippen LogP contribution is -2.48. The highest BCUT2D eigenvalue weighted by molar-refractivity contribution is 7.92. The van der Waals surface area contributed by atoms with Gasteiger partial charge in [-0.2, -0.15) is 0 Å². The first kappa shape index (κ1) is 14.3. The van der Waals surface area contributed by atoms with Crippen LogP contribution in [0.2, 0.25) is 0 Å². The molecule has 3 fully saturated rings. The maximum Gasteiger partial charge on any atom is 0.241 e. The lowest BCUT2D eigenvalue weighted by atomic mass is 9.93. The van der Waals surface area contributed by atoms with Crippen LogP contribution < -0.4 is 5.32 Å². The van der Waals surface area contributed by atoms with Crippen LogP contribution in [-0.4, -0.2) is 55.9 Å². The molecular formula is C14H24N2O3S. The number of carbonyl (C=O) groups is 1. The summed E-state index contributed by atoms with van der Waals surface area (Å²) in [6.45, 7) is 4.76. The van der Waals surface area contributed by atoms with E-state index in [9.17, 15) is 13.2 Å². The van der Waals surface area contributed by atoms with Gasteiger partial charge in [-0.15, -0.1) is 0 Å². The molecule has 3 heterocycles. The van der Waals surface area contributed by atoms with E-state index in [1.807, 2.05) is 4.90 Å². The summed E-state index contributed by atoms with van der Waals surface area (Å²) in [6.07, 6.45) is 3.00. The van der Waals surface area contributed by atoms with Gasteiger partial charge in [-0.3, -0.25) is 4.79 Å². The number of hydrogen-bond donors (Lipinski definition) is 1. The lowest BCUT2D eigenvalue weighted by molar-refractivity contribution is -0.132. The van der Waals surface area contributed by atoms with Crippen LogP contribution in [0.4, 0.5) is 0 Å². The van der Waals surface area contributed by atoms with Crippen LogP contribution in [0.5, 0.6) is 0 Å². The van der Waals surface area contributed by atoms with Gasteiger partial charge in [-0.1, -0.05) is 13.3 Å². The van der Waals surface area contributed by atoms with E-state index >= 15 is 0 Å². The van der Waals surface area contributed by atoms with Crippen molar-refractivity contribution in [1.82, 2.24) is 10.2 Å². The molecule has 20 heavy (non-hydrogen) atoms. The monoisotopic (exact) mass is 300 g/mol. The van der Waals surface area contributed by atoms with Crippen LogP contribution in [-0.2, 0) is 14.6 Å². The third-order valence-electron chi connectivity index (χ3n) is 5.27. The van der Waals surface area contributed by atoms with Gasteiger partial charge in [0.05, 0.1) is 5.75 Å². The summed E-state index contributed by atoms with van der Waals surface area (Å²) in [5, 5.41) is 2.62. The minimum Gasteiger partial charge on any atom is -0.338 e. The van der Waals surface area contributed by atoms with Gasteiger partial charge in [0.2, 0.25) is 5.91 Å². The highest BCUT2D eigenvalue weighted by Crippen LogP contribution is 2.36. The molecule has 5 nitrogen and oxygen atoms in total. The second-order valence-corrected chi connectivity index (χ2v) is 8.70. The number of sulfone groups is 1. The number of rotatable bonds is 2. The van der Waals surface area contributed by atoms with Crippen molar-refractivity contribution in [3.8, 4) is 0 Å². The first-order chi connectivity index (χ1) is 9.54. The molecule has 0 radical (unpaired) electrons. The molecule has 4 unspecified atom stereocenters. The summed E-state index contributed by atoms with van der Waals surface area (Å²) in [6, 6.07) is 0.222. The molecule has 0 aromatic rings. The third-order valence-corrected chi connectivity index (χ3v) is 7.44. The van der Waals surface area contributed by atoms with Crippen LogP contribution in [0.3, 0.4) is 0 Å². The predicted octanol–water partition coefficient (Wildman–Crippen LogP) is 0.410. The Morgan fingerprint density at radius 3 is 2.80 bits per heavy atom. The Kier molecular flexibility index (Phi) is 3.79. The van der Waals surface area contributed by atoms with Crippen LogP contribution in [0.15, 0.2) is 0 Å². The number of amides is 1. The van der Waals surface area contributed by atoms with Crippen molar-refractivity contribution < 1.29 is 13.2 Å². The van der Waals surface area contributed by atoms with E-state index in [1.165, 1.54) is 0 Å². The van der Waals surface area contributed by atoms with E-state index in [0.717, 1.165) is 32.5 Å². The van der Waals surface area contributed by atoms with E-state index in [1.54, 1.807) is 0 Å². The zero-order chi connectivity index (χ0) is 14.3. The molecule has 3 aliphatic rings. The van der Waals surface area contributed by atoms with Gasteiger partial charge < -0.3 is 10.2 Å². The first-order valence-corrected chi connectivity index (χ1v) is 9.49. The van der Waals surface area contributed by atoms with E-state index in [4.69, 9.17) is 0 Å². The van der Waals surface area contributed by atoms with Crippen LogP contribution >= 0.6 is 0 Å². The number of fused-ring (bicyclic) bond motifs is 1. The minimum absolute atomic E-state index is 0.119. The SMILES string of the molecule is CCC1C2CNCC2CN1C(=O)C1CCCCS1(=O)=O. The summed E-state index contributed by atoms with van der Waals surface area (Å²) < 4.78 is 24.3. The largest absolute Gasteiger partial charge is 0.338 e. The van der Waals surface area contributed by atoms with Crippen LogP contribution in [0.1, 0.15) is 32.6 Å². The molecule has 0 aliphatic carbocycles. The number of hydrogen-bond acceptors (Lipinski definition) is 4. The van der Waals surface area contributed by atoms with Gasteiger partial charge in [-0.05, 0) is 31.1 Å². The second-order valence-electron chi connectivity index (χ2n) is 6.40. The van der Waals surface area contributed by atoms with Crippen LogP contribution in [0, 0.1) is 11.8 Å². The first-order valence-electron chi connectivity index (χ1n) is 7.77. The van der Waals surface area contributed by atoms with Crippen molar-refractivity contribution in [3.63, 3.8) is 0 Å². The molecular weight excluding hydrogens is 276 g/mol. The van der Waals surface area contributed by atoms with E-state index in [-0.39, 0.29) is 17.7 Å². The fraction of sp³-hybridized carbons (Fsp3) is 0.929. The van der Waals surface area contributed by atoms with Crippen molar-refractivity contribution in [3.05, 3.63) is 0 Å². The number of carbonyl (C=O) groups excluding carboxylic acids is 1. The number of likely N-dealkylation sites (tertiary alicyclic amines) is 1. The van der Waals surface area contributed by atoms with Gasteiger partial charge in [0.1, 0.15) is 5.25 Å². The topological polar surface area (TPSA) is 66.5 Å². The van der Waals surface area contributed by atoms with Crippen molar-refractivity contribution in [1.29, 1.82) is 0 Å². The summed E-state index contributed by atoms with van der Waals surface area (Å²) >= 11 is 0. The number of nitrogens with one attached hydrogen (secondary N) is 1. The van der Waals surface area contributed by atoms with E-state index in [2.05, 4.69) is 12.2 Å². The Morgan fingerprint density at radius 1 is 1.30 bits per heavy atom.